The molecular weight excluding hydrogens is 210 g/mol. The number of hydrogen-bond donors (Lipinski definition) is 0. The minimum absolute atomic E-state index is 0.0691. The highest BCUT2D eigenvalue weighted by molar-refractivity contribution is 5.03. The van der Waals surface area contributed by atoms with Crippen LogP contribution in [0.25, 0.3) is 0 Å². The molecule has 0 aromatic carbocycles. The van der Waals surface area contributed by atoms with Gasteiger partial charge in [0.1, 0.15) is 0 Å². The Morgan fingerprint density at radius 2 is 1.56 bits per heavy atom. The van der Waals surface area contributed by atoms with Crippen molar-refractivity contribution in [1.29, 1.82) is 0 Å². The van der Waals surface area contributed by atoms with Crippen LogP contribution in [0.3, 0.4) is 0 Å². The highest BCUT2D eigenvalue weighted by Gasteiger charge is 2.48. The van der Waals surface area contributed by atoms with E-state index in [0.717, 1.165) is 26.4 Å². The Balaban J connectivity index is 1.93. The lowest BCUT2D eigenvalue weighted by Gasteiger charge is -2.59. The molecule has 16 heavy (non-hydrogen) atoms. The van der Waals surface area contributed by atoms with Gasteiger partial charge in [-0.3, -0.25) is 9.80 Å². The molecule has 0 amide bonds. The predicted molar refractivity (Wildman–Crippen MR) is 60.8 cm³/mol. The molecule has 2 atom stereocenters. The first-order valence-corrected chi connectivity index (χ1v) is 6.05. The molecule has 94 valence electrons. The maximum absolute atomic E-state index is 13.0. The van der Waals surface area contributed by atoms with E-state index in [2.05, 4.69) is 25.7 Å². The topological polar surface area (TPSA) is 6.48 Å². The first kappa shape index (κ1) is 12.2. The van der Waals surface area contributed by atoms with Crippen molar-refractivity contribution >= 4 is 0 Å². The molecule has 4 heteroatoms. The van der Waals surface area contributed by atoms with Gasteiger partial charge in [-0.15, -0.1) is 0 Å². The Bertz CT molecular complexity index is 255. The van der Waals surface area contributed by atoms with Crippen LogP contribution in [0.5, 0.6) is 0 Å². The average Bonchev–Trinajstić information content (AvgIpc) is 2.12. The van der Waals surface area contributed by atoms with Crippen molar-refractivity contribution in [3.05, 3.63) is 0 Å². The largest absolute Gasteiger partial charge is 0.295 e. The Morgan fingerprint density at radius 3 is 1.94 bits per heavy atom. The molecule has 2 nitrogen and oxygen atoms in total. The second-order valence-electron chi connectivity index (χ2n) is 6.36. The molecule has 2 bridgehead atoms. The number of halogens is 2. The SMILES string of the molecule is CC(F)(F)CN1C2CC1CN(C(C)(C)C)C2. The lowest BCUT2D eigenvalue weighted by molar-refractivity contribution is -0.135. The smallest absolute Gasteiger partial charge is 0.257 e. The molecular formula is C12H22F2N2. The molecule has 3 saturated heterocycles. The van der Waals surface area contributed by atoms with E-state index in [9.17, 15) is 8.78 Å². The molecule has 0 aromatic heterocycles. The van der Waals surface area contributed by atoms with Gasteiger partial charge in [-0.2, -0.15) is 0 Å². The van der Waals surface area contributed by atoms with Crippen molar-refractivity contribution in [2.45, 2.75) is 57.7 Å². The monoisotopic (exact) mass is 232 g/mol. The van der Waals surface area contributed by atoms with Crippen molar-refractivity contribution in [3.63, 3.8) is 0 Å². The standard InChI is InChI=1S/C12H22F2N2/c1-11(2,3)15-6-9-5-10(7-15)16(9)8-12(4,13)14/h9-10H,5-8H2,1-4H3. The molecule has 0 N–H and O–H groups in total. The summed E-state index contributed by atoms with van der Waals surface area (Å²) in [6.07, 6.45) is 1.10. The maximum Gasteiger partial charge on any atom is 0.257 e. The third-order valence-electron chi connectivity index (χ3n) is 3.75. The maximum atomic E-state index is 13.0. The molecule has 3 aliphatic rings. The lowest BCUT2D eigenvalue weighted by Crippen LogP contribution is -2.72. The summed E-state index contributed by atoms with van der Waals surface area (Å²) in [6.45, 7) is 9.40. The fraction of sp³-hybridized carbons (Fsp3) is 1.00. The first-order chi connectivity index (χ1) is 7.17. The van der Waals surface area contributed by atoms with Gasteiger partial charge in [0.2, 0.25) is 0 Å². The van der Waals surface area contributed by atoms with Crippen molar-refractivity contribution in [1.82, 2.24) is 9.80 Å². The van der Waals surface area contributed by atoms with Gasteiger partial charge >= 0.3 is 0 Å². The number of alkyl halides is 2. The third-order valence-corrected chi connectivity index (χ3v) is 3.75. The Morgan fingerprint density at radius 1 is 1.06 bits per heavy atom. The van der Waals surface area contributed by atoms with E-state index in [-0.39, 0.29) is 12.1 Å². The van der Waals surface area contributed by atoms with Crippen LogP contribution in [0.4, 0.5) is 8.78 Å². The van der Waals surface area contributed by atoms with Gasteiger partial charge < -0.3 is 0 Å². The first-order valence-electron chi connectivity index (χ1n) is 6.05. The van der Waals surface area contributed by atoms with Crippen molar-refractivity contribution in [2.24, 2.45) is 0 Å². The van der Waals surface area contributed by atoms with Gasteiger partial charge in [-0.25, -0.2) is 8.78 Å². The van der Waals surface area contributed by atoms with Crippen molar-refractivity contribution < 1.29 is 8.78 Å². The van der Waals surface area contributed by atoms with Crippen LogP contribution in [0, 0.1) is 0 Å². The molecule has 0 spiro atoms. The Labute approximate surface area is 96.6 Å². The molecule has 0 aromatic rings. The lowest BCUT2D eigenvalue weighted by atomic mass is 9.84. The summed E-state index contributed by atoms with van der Waals surface area (Å²) in [5.41, 5.74) is 0.164. The minimum atomic E-state index is -2.55. The van der Waals surface area contributed by atoms with Crippen LogP contribution in [-0.4, -0.2) is 53.0 Å². The van der Waals surface area contributed by atoms with E-state index in [4.69, 9.17) is 0 Å². The summed E-state index contributed by atoms with van der Waals surface area (Å²) in [7, 11) is 0. The van der Waals surface area contributed by atoms with Gasteiger partial charge in [0.25, 0.3) is 5.92 Å². The quantitative estimate of drug-likeness (QED) is 0.720. The van der Waals surface area contributed by atoms with E-state index in [1.807, 2.05) is 4.90 Å². The van der Waals surface area contributed by atoms with Gasteiger partial charge in [0, 0.05) is 37.6 Å². The van der Waals surface area contributed by atoms with Crippen LogP contribution in [-0.2, 0) is 0 Å². The summed E-state index contributed by atoms with van der Waals surface area (Å²) in [6, 6.07) is 0.701. The van der Waals surface area contributed by atoms with Gasteiger partial charge in [-0.1, -0.05) is 0 Å². The molecule has 0 radical (unpaired) electrons. The molecule has 0 saturated carbocycles. The predicted octanol–water partition coefficient (Wildman–Crippen LogP) is 2.20. The zero-order chi connectivity index (χ0) is 12.1. The third kappa shape index (κ3) is 2.38. The zero-order valence-electron chi connectivity index (χ0n) is 10.6. The summed E-state index contributed by atoms with van der Waals surface area (Å²) in [4.78, 5) is 4.40. The summed E-state index contributed by atoms with van der Waals surface area (Å²) in [5, 5.41) is 0. The van der Waals surface area contributed by atoms with Crippen LogP contribution in [0.15, 0.2) is 0 Å². The number of piperidine rings is 1. The molecule has 3 fully saturated rings. The number of hydrogen-bond acceptors (Lipinski definition) is 2. The average molecular weight is 232 g/mol. The fourth-order valence-electron chi connectivity index (χ4n) is 2.81. The number of piperazine rings is 1. The summed E-state index contributed by atoms with van der Waals surface area (Å²) < 4.78 is 26.0. The van der Waals surface area contributed by atoms with E-state index in [0.29, 0.717) is 12.1 Å². The normalized spacial score (nSPS) is 32.6. The second kappa shape index (κ2) is 3.64. The van der Waals surface area contributed by atoms with E-state index in [1.165, 1.54) is 0 Å². The van der Waals surface area contributed by atoms with Crippen LogP contribution in [0.1, 0.15) is 34.1 Å². The Kier molecular flexibility index (Phi) is 2.78. The van der Waals surface area contributed by atoms with Gasteiger partial charge in [0.15, 0.2) is 0 Å². The van der Waals surface area contributed by atoms with Crippen molar-refractivity contribution in [2.75, 3.05) is 19.6 Å². The Hall–Kier alpha value is -0.220. The van der Waals surface area contributed by atoms with E-state index >= 15 is 0 Å². The van der Waals surface area contributed by atoms with Crippen LogP contribution in [0.2, 0.25) is 0 Å². The molecule has 2 unspecified atom stereocenters. The van der Waals surface area contributed by atoms with E-state index < -0.39 is 5.92 Å². The number of rotatable bonds is 2. The van der Waals surface area contributed by atoms with E-state index in [1.54, 1.807) is 0 Å². The summed E-state index contributed by atoms with van der Waals surface area (Å²) in [5.74, 6) is -2.55. The molecule has 0 aliphatic carbocycles. The van der Waals surface area contributed by atoms with Crippen molar-refractivity contribution in [3.8, 4) is 0 Å². The minimum Gasteiger partial charge on any atom is -0.295 e. The molecule has 3 heterocycles. The molecule has 3 aliphatic heterocycles. The number of nitrogens with zero attached hydrogens (tertiary/aromatic N) is 2. The highest BCUT2D eigenvalue weighted by atomic mass is 19.3. The zero-order valence-corrected chi connectivity index (χ0v) is 10.6. The summed E-state index contributed by atoms with van der Waals surface area (Å²) >= 11 is 0. The van der Waals surface area contributed by atoms with Gasteiger partial charge in [-0.05, 0) is 27.2 Å². The second-order valence-corrected chi connectivity index (χ2v) is 6.36. The highest BCUT2D eigenvalue weighted by Crippen LogP contribution is 2.36. The van der Waals surface area contributed by atoms with Gasteiger partial charge in [0.05, 0.1) is 6.54 Å². The van der Waals surface area contributed by atoms with Crippen LogP contribution >= 0.6 is 0 Å². The van der Waals surface area contributed by atoms with Crippen LogP contribution < -0.4 is 0 Å². The number of fused-ring (bicyclic) bond motifs is 2. The molecule has 3 rings (SSSR count). The fourth-order valence-corrected chi connectivity index (χ4v) is 2.81.